The van der Waals surface area contributed by atoms with Crippen LogP contribution in [-0.4, -0.2) is 18.5 Å². The summed E-state index contributed by atoms with van der Waals surface area (Å²) in [6, 6.07) is 15.6. The van der Waals surface area contributed by atoms with E-state index in [0.29, 0.717) is 10.9 Å². The molecule has 2 rings (SSSR count). The number of rotatable bonds is 4. The summed E-state index contributed by atoms with van der Waals surface area (Å²) in [6.07, 6.45) is 1.91. The molecule has 0 aliphatic heterocycles. The maximum absolute atomic E-state index is 5.98. The Morgan fingerprint density at radius 3 is 2.36 bits per heavy atom. The van der Waals surface area contributed by atoms with Crippen molar-refractivity contribution < 1.29 is 4.74 Å². The fraction of sp³-hybridized carbons (Fsp3) is 0.235. The first kappa shape index (κ1) is 16.2. The molecule has 0 spiro atoms. The van der Waals surface area contributed by atoms with Gasteiger partial charge in [0.25, 0.3) is 0 Å². The van der Waals surface area contributed by atoms with E-state index >= 15 is 0 Å². The maximum Gasteiger partial charge on any atom is 0.154 e. The van der Waals surface area contributed by atoms with Crippen molar-refractivity contribution in [1.29, 1.82) is 0 Å². The SMILES string of the molecule is COc1ccc(C(C)(/N=C(\N)SC)c2cccc(N)c2)cc1. The average Bonchev–Trinajstić information content (AvgIpc) is 2.54. The lowest BCUT2D eigenvalue weighted by Gasteiger charge is -2.27. The standard InChI is InChI=1S/C17H21N3OS/c1-17(20-16(19)22-3,13-5-4-6-14(18)11-13)12-7-9-15(21-2)10-8-12/h4-11H,18H2,1-3H3,(H2,19,20). The highest BCUT2D eigenvalue weighted by atomic mass is 32.2. The maximum atomic E-state index is 5.98. The lowest BCUT2D eigenvalue weighted by atomic mass is 9.85. The van der Waals surface area contributed by atoms with Crippen LogP contribution in [0.25, 0.3) is 0 Å². The summed E-state index contributed by atoms with van der Waals surface area (Å²) < 4.78 is 5.22. The number of amidine groups is 1. The summed E-state index contributed by atoms with van der Waals surface area (Å²) >= 11 is 1.42. The summed E-state index contributed by atoms with van der Waals surface area (Å²) in [7, 11) is 1.65. The number of hydrogen-bond acceptors (Lipinski definition) is 4. The number of ether oxygens (including phenoxy) is 1. The van der Waals surface area contributed by atoms with Crippen molar-refractivity contribution in [3.05, 3.63) is 59.7 Å². The first-order valence-electron chi connectivity index (χ1n) is 6.89. The number of methoxy groups -OCH3 is 1. The van der Waals surface area contributed by atoms with Gasteiger partial charge in [0.1, 0.15) is 11.3 Å². The molecule has 0 fully saturated rings. The lowest BCUT2D eigenvalue weighted by Crippen LogP contribution is -2.25. The largest absolute Gasteiger partial charge is 0.497 e. The average molecular weight is 315 g/mol. The van der Waals surface area contributed by atoms with E-state index in [4.69, 9.17) is 21.2 Å². The van der Waals surface area contributed by atoms with Gasteiger partial charge in [-0.2, -0.15) is 0 Å². The van der Waals surface area contributed by atoms with E-state index in [0.717, 1.165) is 16.9 Å². The molecule has 116 valence electrons. The molecule has 2 aromatic carbocycles. The lowest BCUT2D eigenvalue weighted by molar-refractivity contribution is 0.414. The second kappa shape index (κ2) is 6.75. The van der Waals surface area contributed by atoms with Gasteiger partial charge in [-0.05, 0) is 48.6 Å². The zero-order valence-corrected chi connectivity index (χ0v) is 13.9. The molecular formula is C17H21N3OS. The molecule has 4 N–H and O–H groups in total. The van der Waals surface area contributed by atoms with Gasteiger partial charge in [0.05, 0.1) is 7.11 Å². The smallest absolute Gasteiger partial charge is 0.154 e. The van der Waals surface area contributed by atoms with Crippen molar-refractivity contribution in [2.24, 2.45) is 10.7 Å². The Balaban J connectivity index is 2.59. The Labute approximate surface area is 135 Å². The molecule has 4 nitrogen and oxygen atoms in total. The van der Waals surface area contributed by atoms with Crippen LogP contribution in [0.2, 0.25) is 0 Å². The highest BCUT2D eigenvalue weighted by Crippen LogP contribution is 2.35. The topological polar surface area (TPSA) is 73.6 Å². The van der Waals surface area contributed by atoms with E-state index in [1.165, 1.54) is 11.8 Å². The summed E-state index contributed by atoms with van der Waals surface area (Å²) in [5, 5.41) is 0.528. The van der Waals surface area contributed by atoms with Crippen LogP contribution < -0.4 is 16.2 Å². The van der Waals surface area contributed by atoms with Gasteiger partial charge in [-0.15, -0.1) is 0 Å². The van der Waals surface area contributed by atoms with Gasteiger partial charge in [-0.25, -0.2) is 4.99 Å². The first-order valence-corrected chi connectivity index (χ1v) is 8.12. The van der Waals surface area contributed by atoms with Crippen LogP contribution in [0.15, 0.2) is 53.5 Å². The number of nitrogens with two attached hydrogens (primary N) is 2. The third-order valence-corrected chi connectivity index (χ3v) is 4.15. The second-order valence-electron chi connectivity index (χ2n) is 5.08. The van der Waals surface area contributed by atoms with E-state index in [9.17, 15) is 0 Å². The van der Waals surface area contributed by atoms with E-state index in [-0.39, 0.29) is 0 Å². The van der Waals surface area contributed by atoms with Crippen molar-refractivity contribution in [2.75, 3.05) is 19.1 Å². The minimum absolute atomic E-state index is 0.528. The molecule has 1 unspecified atom stereocenters. The molecule has 1 atom stereocenters. The summed E-state index contributed by atoms with van der Waals surface area (Å²) in [5.74, 6) is 0.806. The highest BCUT2D eigenvalue weighted by Gasteiger charge is 2.29. The number of nitrogen functional groups attached to an aromatic ring is 1. The van der Waals surface area contributed by atoms with Gasteiger partial charge >= 0.3 is 0 Å². The zero-order chi connectivity index (χ0) is 16.2. The number of benzene rings is 2. The van der Waals surface area contributed by atoms with Gasteiger partial charge in [0.15, 0.2) is 5.17 Å². The van der Waals surface area contributed by atoms with Gasteiger partial charge in [0, 0.05) is 5.69 Å². The van der Waals surface area contributed by atoms with Crippen molar-refractivity contribution >= 4 is 22.6 Å². The first-order chi connectivity index (χ1) is 10.5. The predicted molar refractivity (Wildman–Crippen MR) is 95.4 cm³/mol. The molecule has 0 saturated carbocycles. The summed E-state index contributed by atoms with van der Waals surface area (Å²) in [4.78, 5) is 4.73. The number of nitrogens with zero attached hydrogens (tertiary/aromatic N) is 1. The van der Waals surface area contributed by atoms with E-state index in [1.54, 1.807) is 7.11 Å². The van der Waals surface area contributed by atoms with Crippen molar-refractivity contribution in [2.45, 2.75) is 12.5 Å². The normalized spacial score (nSPS) is 14.4. The monoisotopic (exact) mass is 315 g/mol. The molecule has 0 radical (unpaired) electrons. The van der Waals surface area contributed by atoms with Crippen molar-refractivity contribution in [3.63, 3.8) is 0 Å². The van der Waals surface area contributed by atoms with E-state index in [2.05, 4.69) is 0 Å². The number of anilines is 1. The molecule has 0 aromatic heterocycles. The highest BCUT2D eigenvalue weighted by molar-refractivity contribution is 8.13. The van der Waals surface area contributed by atoms with E-state index in [1.807, 2.05) is 61.7 Å². The van der Waals surface area contributed by atoms with Crippen LogP contribution in [0.3, 0.4) is 0 Å². The van der Waals surface area contributed by atoms with E-state index < -0.39 is 5.54 Å². The second-order valence-corrected chi connectivity index (χ2v) is 5.91. The molecule has 0 amide bonds. The third-order valence-electron chi connectivity index (χ3n) is 3.64. The van der Waals surface area contributed by atoms with Gasteiger partial charge in [0.2, 0.25) is 0 Å². The van der Waals surface area contributed by atoms with Crippen LogP contribution >= 0.6 is 11.8 Å². The van der Waals surface area contributed by atoms with Crippen LogP contribution in [0.4, 0.5) is 5.69 Å². The number of aliphatic imine (C=N–C) groups is 1. The van der Waals surface area contributed by atoms with Gasteiger partial charge in [-0.3, -0.25) is 0 Å². The van der Waals surface area contributed by atoms with Gasteiger partial charge in [-0.1, -0.05) is 36.0 Å². The Bertz CT molecular complexity index is 670. The van der Waals surface area contributed by atoms with Crippen LogP contribution in [0.5, 0.6) is 5.75 Å². The number of thioether (sulfide) groups is 1. The number of hydrogen-bond donors (Lipinski definition) is 2. The van der Waals surface area contributed by atoms with Crippen LogP contribution in [0.1, 0.15) is 18.1 Å². The molecule has 0 heterocycles. The van der Waals surface area contributed by atoms with Crippen LogP contribution in [0, 0.1) is 0 Å². The van der Waals surface area contributed by atoms with Crippen molar-refractivity contribution in [1.82, 2.24) is 0 Å². The predicted octanol–water partition coefficient (Wildman–Crippen LogP) is 3.22. The molecule has 22 heavy (non-hydrogen) atoms. The fourth-order valence-corrected chi connectivity index (χ4v) is 2.59. The minimum atomic E-state index is -0.602. The molecule has 0 aliphatic rings. The summed E-state index contributed by atoms with van der Waals surface area (Å²) in [6.45, 7) is 2.03. The summed E-state index contributed by atoms with van der Waals surface area (Å²) in [5.41, 5.74) is 14.0. The Kier molecular flexibility index (Phi) is 4.98. The molecule has 0 bridgehead atoms. The minimum Gasteiger partial charge on any atom is -0.497 e. The molecule has 0 saturated heterocycles. The Morgan fingerprint density at radius 2 is 1.82 bits per heavy atom. The molecule has 2 aromatic rings. The molecular weight excluding hydrogens is 294 g/mol. The quantitative estimate of drug-likeness (QED) is 0.516. The van der Waals surface area contributed by atoms with Gasteiger partial charge < -0.3 is 16.2 Å². The zero-order valence-electron chi connectivity index (χ0n) is 13.0. The third kappa shape index (κ3) is 3.36. The molecule has 0 aliphatic carbocycles. The van der Waals surface area contributed by atoms with Crippen LogP contribution in [-0.2, 0) is 5.54 Å². The molecule has 5 heteroatoms. The Morgan fingerprint density at radius 1 is 1.14 bits per heavy atom. The Hall–Kier alpha value is -2.14. The fourth-order valence-electron chi connectivity index (χ4n) is 2.32. The van der Waals surface area contributed by atoms with Crippen molar-refractivity contribution in [3.8, 4) is 5.75 Å².